The summed E-state index contributed by atoms with van der Waals surface area (Å²) in [7, 11) is 0. The molecule has 3 nitrogen and oxygen atoms in total. The molecule has 1 aromatic carbocycles. The standard InChI is InChI=1S/C16H14N2OS/c1-2-18-13-5-3-4-6-15(13)20-16(18)11-14(19)12-7-9-17-10-8-12/h3-11H,2H2,1H3. The lowest BCUT2D eigenvalue weighted by molar-refractivity contribution is 0.104. The zero-order valence-corrected chi connectivity index (χ0v) is 11.9. The van der Waals surface area contributed by atoms with Crippen LogP contribution in [0, 0.1) is 0 Å². The zero-order valence-electron chi connectivity index (χ0n) is 11.1. The molecule has 0 unspecified atom stereocenters. The van der Waals surface area contributed by atoms with Crippen molar-refractivity contribution in [3.05, 3.63) is 65.5 Å². The fourth-order valence-electron chi connectivity index (χ4n) is 2.20. The summed E-state index contributed by atoms with van der Waals surface area (Å²) in [6, 6.07) is 11.7. The molecule has 0 N–H and O–H groups in total. The molecule has 1 aliphatic heterocycles. The average Bonchev–Trinajstić information content (AvgIpc) is 2.85. The number of nitrogens with zero attached hydrogens (tertiary/aromatic N) is 2. The Morgan fingerprint density at radius 1 is 1.25 bits per heavy atom. The van der Waals surface area contributed by atoms with E-state index in [1.807, 2.05) is 12.1 Å². The van der Waals surface area contributed by atoms with E-state index in [4.69, 9.17) is 0 Å². The van der Waals surface area contributed by atoms with Gasteiger partial charge in [0.05, 0.1) is 10.7 Å². The van der Waals surface area contributed by atoms with Crippen molar-refractivity contribution >= 4 is 23.2 Å². The van der Waals surface area contributed by atoms with Gasteiger partial charge in [-0.2, -0.15) is 0 Å². The summed E-state index contributed by atoms with van der Waals surface area (Å²) in [5.74, 6) is 0.0150. The predicted molar refractivity (Wildman–Crippen MR) is 82.0 cm³/mol. The monoisotopic (exact) mass is 282 g/mol. The van der Waals surface area contributed by atoms with Gasteiger partial charge in [0.25, 0.3) is 0 Å². The maximum atomic E-state index is 12.3. The Hall–Kier alpha value is -2.07. The van der Waals surface area contributed by atoms with Crippen LogP contribution >= 0.6 is 11.8 Å². The van der Waals surface area contributed by atoms with Gasteiger partial charge < -0.3 is 4.90 Å². The molecule has 4 heteroatoms. The van der Waals surface area contributed by atoms with Gasteiger partial charge in [-0.1, -0.05) is 23.9 Å². The van der Waals surface area contributed by atoms with Crippen molar-refractivity contribution in [3.63, 3.8) is 0 Å². The Morgan fingerprint density at radius 3 is 2.75 bits per heavy atom. The first kappa shape index (κ1) is 12.9. The van der Waals surface area contributed by atoms with Gasteiger partial charge in [0.1, 0.15) is 0 Å². The zero-order chi connectivity index (χ0) is 13.9. The van der Waals surface area contributed by atoms with Crippen LogP contribution in [-0.2, 0) is 0 Å². The topological polar surface area (TPSA) is 33.2 Å². The van der Waals surface area contributed by atoms with Crippen LogP contribution in [0.25, 0.3) is 0 Å². The minimum Gasteiger partial charge on any atom is -0.335 e. The highest BCUT2D eigenvalue weighted by atomic mass is 32.2. The van der Waals surface area contributed by atoms with E-state index >= 15 is 0 Å². The third kappa shape index (κ3) is 2.34. The molecule has 0 saturated heterocycles. The number of carbonyl (C=O) groups excluding carboxylic acids is 1. The Kier molecular flexibility index (Phi) is 3.56. The number of hydrogen-bond donors (Lipinski definition) is 0. The third-order valence-electron chi connectivity index (χ3n) is 3.17. The van der Waals surface area contributed by atoms with Gasteiger partial charge in [-0.15, -0.1) is 0 Å². The van der Waals surface area contributed by atoms with Crippen LogP contribution in [-0.4, -0.2) is 17.3 Å². The molecule has 0 bridgehead atoms. The van der Waals surface area contributed by atoms with Crippen LogP contribution in [0.5, 0.6) is 0 Å². The number of para-hydroxylation sites is 1. The Morgan fingerprint density at radius 2 is 2.00 bits per heavy atom. The number of ketones is 1. The fraction of sp³-hybridized carbons (Fsp3) is 0.125. The summed E-state index contributed by atoms with van der Waals surface area (Å²) in [6.07, 6.45) is 4.99. The van der Waals surface area contributed by atoms with E-state index < -0.39 is 0 Å². The molecular weight excluding hydrogens is 268 g/mol. The lowest BCUT2D eigenvalue weighted by Crippen LogP contribution is -2.17. The second-order valence-electron chi connectivity index (χ2n) is 4.40. The number of carbonyl (C=O) groups is 1. The van der Waals surface area contributed by atoms with E-state index in [2.05, 4.69) is 28.9 Å². The van der Waals surface area contributed by atoms with Crippen molar-refractivity contribution in [2.45, 2.75) is 11.8 Å². The lowest BCUT2D eigenvalue weighted by atomic mass is 10.2. The van der Waals surface area contributed by atoms with Crippen molar-refractivity contribution in [1.82, 2.24) is 4.98 Å². The minimum absolute atomic E-state index is 0.0150. The molecule has 0 amide bonds. The molecule has 2 heterocycles. The number of aromatic nitrogens is 1. The van der Waals surface area contributed by atoms with E-state index in [1.54, 1.807) is 42.4 Å². The van der Waals surface area contributed by atoms with Crippen LogP contribution in [0.3, 0.4) is 0 Å². The number of rotatable bonds is 3. The highest BCUT2D eigenvalue weighted by molar-refractivity contribution is 8.03. The van der Waals surface area contributed by atoms with Gasteiger partial charge in [-0.25, -0.2) is 0 Å². The van der Waals surface area contributed by atoms with Crippen LogP contribution < -0.4 is 4.90 Å². The van der Waals surface area contributed by atoms with E-state index in [1.165, 1.54) is 10.6 Å². The molecular formula is C16H14N2OS. The summed E-state index contributed by atoms with van der Waals surface area (Å²) >= 11 is 1.64. The van der Waals surface area contributed by atoms with Gasteiger partial charge in [-0.3, -0.25) is 9.78 Å². The number of benzene rings is 1. The van der Waals surface area contributed by atoms with Gasteiger partial charge in [-0.05, 0) is 31.2 Å². The Balaban J connectivity index is 1.92. The number of thioether (sulfide) groups is 1. The molecule has 2 aromatic rings. The summed E-state index contributed by atoms with van der Waals surface area (Å²) < 4.78 is 0. The van der Waals surface area contributed by atoms with E-state index in [9.17, 15) is 4.79 Å². The molecule has 0 spiro atoms. The highest BCUT2D eigenvalue weighted by Gasteiger charge is 2.24. The van der Waals surface area contributed by atoms with Gasteiger partial charge >= 0.3 is 0 Å². The smallest absolute Gasteiger partial charge is 0.188 e. The molecule has 0 fully saturated rings. The normalized spacial score (nSPS) is 15.4. The van der Waals surface area contributed by atoms with Crippen LogP contribution in [0.2, 0.25) is 0 Å². The van der Waals surface area contributed by atoms with Crippen molar-refractivity contribution < 1.29 is 4.79 Å². The van der Waals surface area contributed by atoms with Crippen molar-refractivity contribution in [1.29, 1.82) is 0 Å². The third-order valence-corrected chi connectivity index (χ3v) is 4.28. The highest BCUT2D eigenvalue weighted by Crippen LogP contribution is 2.45. The molecule has 0 radical (unpaired) electrons. The van der Waals surface area contributed by atoms with Crippen molar-refractivity contribution in [2.24, 2.45) is 0 Å². The maximum absolute atomic E-state index is 12.3. The molecule has 0 aliphatic carbocycles. The number of hydrogen-bond acceptors (Lipinski definition) is 4. The quantitative estimate of drug-likeness (QED) is 0.634. The summed E-state index contributed by atoms with van der Waals surface area (Å²) in [6.45, 7) is 2.94. The molecule has 1 aromatic heterocycles. The van der Waals surface area contributed by atoms with Crippen molar-refractivity contribution in [2.75, 3.05) is 11.4 Å². The first-order valence-electron chi connectivity index (χ1n) is 6.50. The van der Waals surface area contributed by atoms with Gasteiger partial charge in [0, 0.05) is 35.5 Å². The molecule has 3 rings (SSSR count). The molecule has 20 heavy (non-hydrogen) atoms. The van der Waals surface area contributed by atoms with E-state index in [0.29, 0.717) is 5.56 Å². The lowest BCUT2D eigenvalue weighted by Gasteiger charge is -2.17. The Bertz CT molecular complexity index is 667. The van der Waals surface area contributed by atoms with Crippen LogP contribution in [0.15, 0.2) is 64.8 Å². The second kappa shape index (κ2) is 5.51. The van der Waals surface area contributed by atoms with Crippen LogP contribution in [0.1, 0.15) is 17.3 Å². The first-order valence-corrected chi connectivity index (χ1v) is 7.31. The Labute approximate surface area is 122 Å². The summed E-state index contributed by atoms with van der Waals surface area (Å²) in [4.78, 5) is 19.6. The maximum Gasteiger partial charge on any atom is 0.188 e. The molecule has 0 saturated carbocycles. The number of allylic oxidation sites excluding steroid dienone is 1. The van der Waals surface area contributed by atoms with Gasteiger partial charge in [0.2, 0.25) is 0 Å². The minimum atomic E-state index is 0.0150. The second-order valence-corrected chi connectivity index (χ2v) is 5.46. The summed E-state index contributed by atoms with van der Waals surface area (Å²) in [5.41, 5.74) is 1.84. The molecule has 1 aliphatic rings. The van der Waals surface area contributed by atoms with Crippen molar-refractivity contribution in [3.8, 4) is 0 Å². The largest absolute Gasteiger partial charge is 0.335 e. The van der Waals surface area contributed by atoms with Crippen LogP contribution in [0.4, 0.5) is 5.69 Å². The first-order chi connectivity index (χ1) is 9.79. The van der Waals surface area contributed by atoms with E-state index in [0.717, 1.165) is 11.6 Å². The summed E-state index contributed by atoms with van der Waals surface area (Å²) in [5, 5.41) is 0.982. The molecule has 0 atom stereocenters. The number of pyridine rings is 1. The average molecular weight is 282 g/mol. The van der Waals surface area contributed by atoms with Gasteiger partial charge in [0.15, 0.2) is 5.78 Å². The SMILES string of the molecule is CCN1C(=CC(=O)c2ccncc2)Sc2ccccc21. The van der Waals surface area contributed by atoms with E-state index in [-0.39, 0.29) is 5.78 Å². The predicted octanol–water partition coefficient (Wildman–Crippen LogP) is 3.74. The fourth-order valence-corrected chi connectivity index (χ4v) is 3.36. The number of fused-ring (bicyclic) bond motifs is 1. The molecule has 100 valence electrons. The number of anilines is 1.